The van der Waals surface area contributed by atoms with Crippen LogP contribution in [-0.2, 0) is 14.6 Å². The van der Waals surface area contributed by atoms with Gasteiger partial charge in [-0.15, -0.1) is 0 Å². The first-order chi connectivity index (χ1) is 14.9. The number of fused-ring (bicyclic) bond motifs is 1. The molecule has 0 radical (unpaired) electrons. The van der Waals surface area contributed by atoms with Crippen LogP contribution >= 0.6 is 22.6 Å². The quantitative estimate of drug-likeness (QED) is 0.181. The molecule has 1 aromatic carbocycles. The zero-order valence-corrected chi connectivity index (χ0v) is 22.7. The molecule has 1 aliphatic carbocycles. The summed E-state index contributed by atoms with van der Waals surface area (Å²) in [4.78, 5) is 26.9. The Morgan fingerprint density at radius 2 is 2.06 bits per heavy atom. The number of benzene rings is 1. The molecule has 3 rings (SSSR count). The number of likely N-dealkylation sites (tertiary alicyclic amines) is 1. The Morgan fingerprint density at radius 1 is 1.38 bits per heavy atom. The monoisotopic (exact) mass is 568 g/mol. The molecule has 0 N–H and O–H groups in total. The van der Waals surface area contributed by atoms with Gasteiger partial charge in [0.25, 0.3) is 5.69 Å². The van der Waals surface area contributed by atoms with Crippen molar-refractivity contribution in [3.8, 4) is 0 Å². The molecule has 1 heterocycles. The van der Waals surface area contributed by atoms with Crippen LogP contribution in [0.5, 0.6) is 0 Å². The van der Waals surface area contributed by atoms with Gasteiger partial charge in [-0.25, -0.2) is 0 Å². The summed E-state index contributed by atoms with van der Waals surface area (Å²) in [5, 5.41) is 11.9. The van der Waals surface area contributed by atoms with E-state index in [1.54, 1.807) is 24.3 Å². The molecule has 0 amide bonds. The molecule has 0 saturated carbocycles. The average molecular weight is 569 g/mol. The van der Waals surface area contributed by atoms with Gasteiger partial charge in [-0.2, -0.15) is 0 Å². The normalized spacial score (nSPS) is 24.6. The van der Waals surface area contributed by atoms with Gasteiger partial charge < -0.3 is 4.43 Å². The largest absolute Gasteiger partial charge is 0.413 e. The Kier molecular flexibility index (Phi) is 7.48. The topological polar surface area (TPSA) is 72.7 Å². The maximum atomic E-state index is 13.2. The smallest absolute Gasteiger partial charge is 0.273 e. The number of rotatable bonds is 7. The molecule has 174 valence electrons. The summed E-state index contributed by atoms with van der Waals surface area (Å²) >= 11 is 2.35. The third-order valence-electron chi connectivity index (χ3n) is 7.36. The highest BCUT2D eigenvalue weighted by Gasteiger charge is 2.55. The Morgan fingerprint density at radius 3 is 2.72 bits per heavy atom. The number of allylic oxidation sites excluding steroid dienone is 1. The first kappa shape index (κ1) is 25.3. The Balaban J connectivity index is 1.81. The minimum absolute atomic E-state index is 0.0224. The molecule has 2 atom stereocenters. The fourth-order valence-corrected chi connectivity index (χ4v) is 6.06. The molecule has 6 nitrogen and oxygen atoms in total. The molecule has 2 aliphatic rings. The zero-order valence-electron chi connectivity index (χ0n) is 19.6. The number of nitro groups is 1. The molecule has 0 aromatic heterocycles. The van der Waals surface area contributed by atoms with E-state index in [0.717, 1.165) is 13.1 Å². The van der Waals surface area contributed by atoms with E-state index in [9.17, 15) is 14.9 Å². The minimum Gasteiger partial charge on any atom is -0.413 e. The van der Waals surface area contributed by atoms with Crippen LogP contribution in [0.3, 0.4) is 0 Å². The second-order valence-electron chi connectivity index (χ2n) is 10.2. The van der Waals surface area contributed by atoms with E-state index in [4.69, 9.17) is 4.43 Å². The van der Waals surface area contributed by atoms with Crippen molar-refractivity contribution in [2.75, 3.05) is 19.7 Å². The fraction of sp³-hybridized carbons (Fsp3) is 0.542. The van der Waals surface area contributed by atoms with Gasteiger partial charge in [-0.05, 0) is 65.7 Å². The number of carbonyl (C=O) groups excluding carboxylic acids is 1. The highest BCUT2D eigenvalue weighted by atomic mass is 127. The number of ketones is 1. The lowest BCUT2D eigenvalue weighted by Gasteiger charge is -2.38. The van der Waals surface area contributed by atoms with Crippen molar-refractivity contribution in [3.05, 3.63) is 61.8 Å². The van der Waals surface area contributed by atoms with E-state index in [2.05, 4.69) is 67.4 Å². The molecule has 1 fully saturated rings. The molecule has 32 heavy (non-hydrogen) atoms. The van der Waals surface area contributed by atoms with E-state index in [1.807, 2.05) is 6.08 Å². The fourth-order valence-electron chi connectivity index (χ4n) is 4.51. The molecule has 0 unspecified atom stereocenters. The third-order valence-corrected chi connectivity index (χ3v) is 12.6. The summed E-state index contributed by atoms with van der Waals surface area (Å²) in [5.41, 5.74) is -0.268. The number of nitro benzene ring substituents is 1. The SMILES string of the molecule is CC(C)(C)[Si](C)(C)OC/C=C(\I)CN1CC[C@@]2(c3ccccc3[N+](=O)[O-])C(=O)C=CC[C@@H]12. The van der Waals surface area contributed by atoms with Crippen molar-refractivity contribution < 1.29 is 14.1 Å². The van der Waals surface area contributed by atoms with Crippen LogP contribution in [0.2, 0.25) is 18.1 Å². The first-order valence-electron chi connectivity index (χ1n) is 11.1. The Labute approximate surface area is 205 Å². The van der Waals surface area contributed by atoms with Crippen LogP contribution in [-0.4, -0.2) is 49.7 Å². The lowest BCUT2D eigenvalue weighted by Crippen LogP contribution is -2.49. The maximum Gasteiger partial charge on any atom is 0.273 e. The zero-order chi connectivity index (χ0) is 23.7. The molecular weight excluding hydrogens is 535 g/mol. The summed E-state index contributed by atoms with van der Waals surface area (Å²) in [6.45, 7) is 13.2. The summed E-state index contributed by atoms with van der Waals surface area (Å²) in [6.07, 6.45) is 6.96. The van der Waals surface area contributed by atoms with Crippen LogP contribution in [0.25, 0.3) is 0 Å². The first-order valence-corrected chi connectivity index (χ1v) is 15.1. The number of para-hydroxylation sites is 1. The number of halogens is 1. The molecule has 0 bridgehead atoms. The lowest BCUT2D eigenvalue weighted by molar-refractivity contribution is -0.386. The van der Waals surface area contributed by atoms with Gasteiger partial charge in [0.2, 0.25) is 0 Å². The van der Waals surface area contributed by atoms with E-state index in [0.29, 0.717) is 25.0 Å². The average Bonchev–Trinajstić information content (AvgIpc) is 3.07. The summed E-state index contributed by atoms with van der Waals surface area (Å²) in [5.74, 6) is -0.0224. The summed E-state index contributed by atoms with van der Waals surface area (Å²) in [7, 11) is -1.81. The molecule has 1 saturated heterocycles. The maximum absolute atomic E-state index is 13.2. The van der Waals surface area contributed by atoms with E-state index < -0.39 is 13.7 Å². The van der Waals surface area contributed by atoms with Gasteiger partial charge in [0, 0.05) is 34.3 Å². The van der Waals surface area contributed by atoms with Crippen molar-refractivity contribution in [2.24, 2.45) is 0 Å². The van der Waals surface area contributed by atoms with Gasteiger partial charge in [0.1, 0.15) is 0 Å². The Bertz CT molecular complexity index is 954. The van der Waals surface area contributed by atoms with Crippen molar-refractivity contribution in [2.45, 2.75) is 63.2 Å². The second-order valence-corrected chi connectivity index (χ2v) is 16.4. The molecular formula is C24H33IN2O4Si. The van der Waals surface area contributed by atoms with Crippen LogP contribution in [0.4, 0.5) is 5.69 Å². The predicted molar refractivity (Wildman–Crippen MR) is 139 cm³/mol. The second kappa shape index (κ2) is 9.48. The van der Waals surface area contributed by atoms with Gasteiger partial charge in [0.05, 0.1) is 16.9 Å². The summed E-state index contributed by atoms with van der Waals surface area (Å²) in [6, 6.07) is 6.65. The lowest BCUT2D eigenvalue weighted by atomic mass is 9.67. The Hall–Kier alpha value is -1.36. The number of carbonyl (C=O) groups is 1. The predicted octanol–water partition coefficient (Wildman–Crippen LogP) is 5.78. The number of nitrogens with zero attached hydrogens (tertiary/aromatic N) is 2. The highest BCUT2D eigenvalue weighted by molar-refractivity contribution is 14.1. The molecule has 1 aromatic rings. The minimum atomic E-state index is -1.81. The molecule has 8 heteroatoms. The van der Waals surface area contributed by atoms with Crippen molar-refractivity contribution >= 4 is 42.4 Å². The van der Waals surface area contributed by atoms with Gasteiger partial charge in [-0.3, -0.25) is 19.8 Å². The van der Waals surface area contributed by atoms with Crippen LogP contribution in [0.1, 0.15) is 39.2 Å². The summed E-state index contributed by atoms with van der Waals surface area (Å²) < 4.78 is 7.45. The van der Waals surface area contributed by atoms with Crippen LogP contribution in [0, 0.1) is 10.1 Å². The van der Waals surface area contributed by atoms with Crippen molar-refractivity contribution in [3.63, 3.8) is 0 Å². The number of hydrogen-bond acceptors (Lipinski definition) is 5. The highest BCUT2D eigenvalue weighted by Crippen LogP contribution is 2.48. The molecule has 1 aliphatic heterocycles. The number of hydrogen-bond donors (Lipinski definition) is 0. The van der Waals surface area contributed by atoms with Crippen LogP contribution in [0.15, 0.2) is 46.1 Å². The van der Waals surface area contributed by atoms with E-state index in [1.165, 1.54) is 9.65 Å². The standard InChI is InChI=1S/C24H33IN2O4Si/c1-23(2,3)32(4,5)31-16-13-18(25)17-26-15-14-24(21(26)11-8-12-22(24)28)19-9-6-7-10-20(19)27(29)30/h6-10,12-13,21H,11,14-17H2,1-5H3/b18-13-/t21-,24+/m1/s1. The van der Waals surface area contributed by atoms with Gasteiger partial charge in [-0.1, -0.05) is 45.0 Å². The third kappa shape index (κ3) is 4.78. The van der Waals surface area contributed by atoms with Crippen molar-refractivity contribution in [1.29, 1.82) is 0 Å². The van der Waals surface area contributed by atoms with Crippen LogP contribution < -0.4 is 0 Å². The van der Waals surface area contributed by atoms with E-state index in [-0.39, 0.29) is 27.5 Å². The van der Waals surface area contributed by atoms with E-state index >= 15 is 0 Å². The molecule has 0 spiro atoms. The van der Waals surface area contributed by atoms with Gasteiger partial charge >= 0.3 is 0 Å². The van der Waals surface area contributed by atoms with Crippen molar-refractivity contribution in [1.82, 2.24) is 4.90 Å². The van der Waals surface area contributed by atoms with Gasteiger partial charge in [0.15, 0.2) is 14.1 Å².